The third kappa shape index (κ3) is 4.46. The number of benzene rings is 1. The predicted molar refractivity (Wildman–Crippen MR) is 86.8 cm³/mol. The zero-order valence-electron chi connectivity index (χ0n) is 12.7. The molecular formula is C14H16N4O4S. The maximum atomic E-state index is 12.0. The number of thioether (sulfide) groups is 1. The highest BCUT2D eigenvalue weighted by Gasteiger charge is 2.17. The lowest BCUT2D eigenvalue weighted by Gasteiger charge is -2.08. The van der Waals surface area contributed by atoms with Gasteiger partial charge in [0.1, 0.15) is 11.4 Å². The second kappa shape index (κ2) is 7.63. The summed E-state index contributed by atoms with van der Waals surface area (Å²) in [6.45, 7) is 2.19. The van der Waals surface area contributed by atoms with Gasteiger partial charge in [0.25, 0.3) is 5.69 Å². The van der Waals surface area contributed by atoms with Crippen molar-refractivity contribution in [3.05, 3.63) is 40.7 Å². The van der Waals surface area contributed by atoms with E-state index in [-0.39, 0.29) is 23.0 Å². The summed E-state index contributed by atoms with van der Waals surface area (Å²) in [5.41, 5.74) is -0.0600. The van der Waals surface area contributed by atoms with E-state index in [0.29, 0.717) is 17.5 Å². The standard InChI is InChI=1S/C14H16N4O4S/c1-3-22-10-4-5-11(12(8-10)18(20)21)16-13(19)9-23-14-15-6-7-17(14)2/h4-8H,3,9H2,1-2H3,(H,16,19). The van der Waals surface area contributed by atoms with Crippen LogP contribution in [0, 0.1) is 10.1 Å². The van der Waals surface area contributed by atoms with E-state index in [9.17, 15) is 14.9 Å². The van der Waals surface area contributed by atoms with Gasteiger partial charge >= 0.3 is 0 Å². The van der Waals surface area contributed by atoms with Crippen LogP contribution in [0.15, 0.2) is 35.7 Å². The van der Waals surface area contributed by atoms with E-state index in [1.165, 1.54) is 23.9 Å². The summed E-state index contributed by atoms with van der Waals surface area (Å²) >= 11 is 1.25. The van der Waals surface area contributed by atoms with Gasteiger partial charge in [-0.2, -0.15) is 0 Å². The van der Waals surface area contributed by atoms with Gasteiger partial charge in [-0.1, -0.05) is 11.8 Å². The van der Waals surface area contributed by atoms with Crippen molar-refractivity contribution >= 4 is 29.0 Å². The quantitative estimate of drug-likeness (QED) is 0.474. The van der Waals surface area contributed by atoms with Gasteiger partial charge in [0.15, 0.2) is 5.16 Å². The zero-order valence-corrected chi connectivity index (χ0v) is 13.5. The van der Waals surface area contributed by atoms with Crippen LogP contribution in [0.2, 0.25) is 0 Å². The Labute approximate surface area is 137 Å². The molecule has 0 atom stereocenters. The molecule has 122 valence electrons. The highest BCUT2D eigenvalue weighted by Crippen LogP contribution is 2.29. The number of nitrogens with zero attached hydrogens (tertiary/aromatic N) is 3. The van der Waals surface area contributed by atoms with Crippen LogP contribution in [0.5, 0.6) is 5.75 Å². The fraction of sp³-hybridized carbons (Fsp3) is 0.286. The Morgan fingerprint density at radius 1 is 1.52 bits per heavy atom. The number of anilines is 1. The predicted octanol–water partition coefficient (Wildman–Crippen LogP) is 2.46. The van der Waals surface area contributed by atoms with Crippen LogP contribution < -0.4 is 10.1 Å². The molecule has 2 aromatic rings. The first-order chi connectivity index (χ1) is 11.0. The number of aryl methyl sites for hydroxylation is 1. The van der Waals surface area contributed by atoms with Gasteiger partial charge < -0.3 is 14.6 Å². The van der Waals surface area contributed by atoms with E-state index in [1.54, 1.807) is 30.0 Å². The largest absolute Gasteiger partial charge is 0.494 e. The Balaban J connectivity index is 2.05. The molecule has 8 nitrogen and oxygen atoms in total. The molecule has 0 aliphatic rings. The molecular weight excluding hydrogens is 320 g/mol. The molecule has 2 rings (SSSR count). The number of hydrogen-bond donors (Lipinski definition) is 1. The summed E-state index contributed by atoms with van der Waals surface area (Å²) in [4.78, 5) is 26.7. The molecule has 0 spiro atoms. The van der Waals surface area contributed by atoms with Gasteiger partial charge in [0.2, 0.25) is 5.91 Å². The molecule has 0 bridgehead atoms. The number of aromatic nitrogens is 2. The Hall–Kier alpha value is -2.55. The molecule has 1 N–H and O–H groups in total. The molecule has 0 aliphatic heterocycles. The third-order valence-corrected chi connectivity index (χ3v) is 3.92. The van der Waals surface area contributed by atoms with Crippen molar-refractivity contribution < 1.29 is 14.5 Å². The van der Waals surface area contributed by atoms with Crippen molar-refractivity contribution in [3.63, 3.8) is 0 Å². The van der Waals surface area contributed by atoms with Crippen molar-refractivity contribution in [1.29, 1.82) is 0 Å². The van der Waals surface area contributed by atoms with Crippen LogP contribution in [0.3, 0.4) is 0 Å². The van der Waals surface area contributed by atoms with Gasteiger partial charge in [-0.15, -0.1) is 0 Å². The number of carbonyl (C=O) groups is 1. The van der Waals surface area contributed by atoms with Gasteiger partial charge in [-0.25, -0.2) is 4.98 Å². The Kier molecular flexibility index (Phi) is 5.58. The molecule has 0 unspecified atom stereocenters. The summed E-state index contributed by atoms with van der Waals surface area (Å²) < 4.78 is 7.02. The molecule has 0 saturated carbocycles. The first-order valence-corrected chi connectivity index (χ1v) is 7.81. The average Bonchev–Trinajstić information content (AvgIpc) is 2.92. The van der Waals surface area contributed by atoms with Crippen LogP contribution in [0.4, 0.5) is 11.4 Å². The Morgan fingerprint density at radius 2 is 2.30 bits per heavy atom. The molecule has 1 heterocycles. The lowest BCUT2D eigenvalue weighted by Crippen LogP contribution is -2.15. The van der Waals surface area contributed by atoms with Gasteiger partial charge in [0, 0.05) is 19.4 Å². The number of nitro groups is 1. The molecule has 0 aliphatic carbocycles. The number of amides is 1. The number of nitrogens with one attached hydrogen (secondary N) is 1. The highest BCUT2D eigenvalue weighted by molar-refractivity contribution is 7.99. The van der Waals surface area contributed by atoms with E-state index < -0.39 is 4.92 Å². The molecule has 0 saturated heterocycles. The summed E-state index contributed by atoms with van der Waals surface area (Å²) in [6.07, 6.45) is 3.41. The van der Waals surface area contributed by atoms with Crippen LogP contribution in [0.1, 0.15) is 6.92 Å². The smallest absolute Gasteiger partial charge is 0.296 e. The summed E-state index contributed by atoms with van der Waals surface area (Å²) in [6, 6.07) is 4.34. The first kappa shape index (κ1) is 16.8. The number of carbonyl (C=O) groups excluding carboxylic acids is 1. The fourth-order valence-corrected chi connectivity index (χ4v) is 2.56. The maximum absolute atomic E-state index is 12.0. The monoisotopic (exact) mass is 336 g/mol. The van der Waals surface area contributed by atoms with Crippen LogP contribution >= 0.6 is 11.8 Å². The minimum Gasteiger partial charge on any atom is -0.494 e. The lowest BCUT2D eigenvalue weighted by molar-refractivity contribution is -0.384. The molecule has 0 fully saturated rings. The van der Waals surface area contributed by atoms with E-state index in [1.807, 2.05) is 7.05 Å². The summed E-state index contributed by atoms with van der Waals surface area (Å²) in [7, 11) is 1.82. The SMILES string of the molecule is CCOc1ccc(NC(=O)CSc2nccn2C)c([N+](=O)[O-])c1. The molecule has 9 heteroatoms. The van der Waals surface area contributed by atoms with Crippen molar-refractivity contribution in [2.45, 2.75) is 12.1 Å². The van der Waals surface area contributed by atoms with Crippen LogP contribution in [-0.4, -0.2) is 32.7 Å². The second-order valence-electron chi connectivity index (χ2n) is 4.53. The van der Waals surface area contributed by atoms with Gasteiger partial charge in [-0.3, -0.25) is 14.9 Å². The minimum absolute atomic E-state index is 0.106. The summed E-state index contributed by atoms with van der Waals surface area (Å²) in [5.74, 6) is 0.153. The lowest BCUT2D eigenvalue weighted by atomic mass is 10.2. The Morgan fingerprint density at radius 3 is 2.91 bits per heavy atom. The molecule has 0 radical (unpaired) electrons. The topological polar surface area (TPSA) is 99.3 Å². The van der Waals surface area contributed by atoms with E-state index in [2.05, 4.69) is 10.3 Å². The van der Waals surface area contributed by atoms with E-state index in [4.69, 9.17) is 4.74 Å². The maximum Gasteiger partial charge on any atom is 0.296 e. The fourth-order valence-electron chi connectivity index (χ4n) is 1.83. The molecule has 1 amide bonds. The number of hydrogen-bond acceptors (Lipinski definition) is 6. The van der Waals surface area contributed by atoms with E-state index >= 15 is 0 Å². The Bertz CT molecular complexity index is 717. The zero-order chi connectivity index (χ0) is 16.8. The van der Waals surface area contributed by atoms with Crippen LogP contribution in [-0.2, 0) is 11.8 Å². The number of imidazole rings is 1. The van der Waals surface area contributed by atoms with Gasteiger partial charge in [-0.05, 0) is 19.1 Å². The third-order valence-electron chi connectivity index (χ3n) is 2.86. The first-order valence-electron chi connectivity index (χ1n) is 6.82. The summed E-state index contributed by atoms with van der Waals surface area (Å²) in [5, 5.41) is 14.4. The highest BCUT2D eigenvalue weighted by atomic mass is 32.2. The second-order valence-corrected chi connectivity index (χ2v) is 5.47. The number of nitro benzene ring substituents is 1. The molecule has 23 heavy (non-hydrogen) atoms. The number of rotatable bonds is 7. The normalized spacial score (nSPS) is 10.3. The van der Waals surface area contributed by atoms with Crippen LogP contribution in [0.25, 0.3) is 0 Å². The van der Waals surface area contributed by atoms with Crippen molar-refractivity contribution in [1.82, 2.24) is 9.55 Å². The van der Waals surface area contributed by atoms with Crippen molar-refractivity contribution in [2.24, 2.45) is 7.05 Å². The minimum atomic E-state index is -0.552. The van der Waals surface area contributed by atoms with Crippen molar-refractivity contribution in [3.8, 4) is 5.75 Å². The van der Waals surface area contributed by atoms with Gasteiger partial charge in [0.05, 0.1) is 23.3 Å². The molecule has 1 aromatic carbocycles. The average molecular weight is 336 g/mol. The number of ether oxygens (including phenoxy) is 1. The van der Waals surface area contributed by atoms with Crippen molar-refractivity contribution in [2.75, 3.05) is 17.7 Å². The molecule has 1 aromatic heterocycles. The van der Waals surface area contributed by atoms with E-state index in [0.717, 1.165) is 0 Å².